The van der Waals surface area contributed by atoms with Crippen LogP contribution in [0.4, 0.5) is 4.39 Å². The van der Waals surface area contributed by atoms with Crippen LogP contribution in [-0.4, -0.2) is 4.98 Å². The van der Waals surface area contributed by atoms with Gasteiger partial charge in [-0.1, -0.05) is 31.5 Å². The van der Waals surface area contributed by atoms with Crippen LogP contribution in [0.15, 0.2) is 42.6 Å². The van der Waals surface area contributed by atoms with Crippen LogP contribution in [0.1, 0.15) is 18.9 Å². The molecule has 2 aromatic rings. The predicted octanol–water partition coefficient (Wildman–Crippen LogP) is 3.84. The van der Waals surface area contributed by atoms with Gasteiger partial charge >= 0.3 is 0 Å². The molecule has 0 bridgehead atoms. The summed E-state index contributed by atoms with van der Waals surface area (Å²) in [5.74, 6) is -0.225. The largest absolute Gasteiger partial charge is 0.256 e. The molecule has 82 valence electrons. The number of aromatic nitrogens is 1. The molecule has 1 heterocycles. The van der Waals surface area contributed by atoms with Crippen molar-refractivity contribution in [1.82, 2.24) is 4.98 Å². The van der Waals surface area contributed by atoms with E-state index >= 15 is 0 Å². The average Bonchev–Trinajstić information content (AvgIpc) is 2.30. The molecule has 2 rings (SSSR count). The Bertz CT molecular complexity index is 462. The summed E-state index contributed by atoms with van der Waals surface area (Å²) in [5, 5.41) is 0. The summed E-state index contributed by atoms with van der Waals surface area (Å²) >= 11 is 0. The van der Waals surface area contributed by atoms with Crippen molar-refractivity contribution in [2.75, 3.05) is 0 Å². The van der Waals surface area contributed by atoms with Crippen molar-refractivity contribution in [2.24, 2.45) is 0 Å². The standard InChI is InChI=1S/C14H14FN/c1-2-4-11-7-8-14(16-10-11)12-5-3-6-13(15)9-12/h3,5-10H,2,4H2,1H3. The first-order chi connectivity index (χ1) is 7.79. The lowest BCUT2D eigenvalue weighted by Crippen LogP contribution is -1.88. The van der Waals surface area contributed by atoms with Crippen molar-refractivity contribution in [1.29, 1.82) is 0 Å². The van der Waals surface area contributed by atoms with Gasteiger partial charge in [0.1, 0.15) is 5.82 Å². The van der Waals surface area contributed by atoms with Gasteiger partial charge in [-0.05, 0) is 30.2 Å². The van der Waals surface area contributed by atoms with E-state index in [4.69, 9.17) is 0 Å². The van der Waals surface area contributed by atoms with Crippen LogP contribution in [-0.2, 0) is 6.42 Å². The Balaban J connectivity index is 2.27. The normalized spacial score (nSPS) is 10.4. The highest BCUT2D eigenvalue weighted by atomic mass is 19.1. The molecule has 0 N–H and O–H groups in total. The molecule has 0 amide bonds. The molecule has 1 aromatic carbocycles. The molecule has 1 aromatic heterocycles. The minimum atomic E-state index is -0.225. The van der Waals surface area contributed by atoms with E-state index in [2.05, 4.69) is 18.0 Å². The monoisotopic (exact) mass is 215 g/mol. The smallest absolute Gasteiger partial charge is 0.123 e. The topological polar surface area (TPSA) is 12.9 Å². The van der Waals surface area contributed by atoms with E-state index in [0.717, 1.165) is 24.1 Å². The van der Waals surface area contributed by atoms with Crippen molar-refractivity contribution in [3.05, 3.63) is 54.0 Å². The van der Waals surface area contributed by atoms with Gasteiger partial charge in [-0.3, -0.25) is 4.98 Å². The van der Waals surface area contributed by atoms with Crippen LogP contribution in [0.25, 0.3) is 11.3 Å². The first kappa shape index (κ1) is 10.8. The Morgan fingerprint density at radius 3 is 2.69 bits per heavy atom. The van der Waals surface area contributed by atoms with Crippen molar-refractivity contribution in [2.45, 2.75) is 19.8 Å². The number of hydrogen-bond donors (Lipinski definition) is 0. The summed E-state index contributed by atoms with van der Waals surface area (Å²) in [6.07, 6.45) is 4.02. The summed E-state index contributed by atoms with van der Waals surface area (Å²) in [4.78, 5) is 4.34. The Hall–Kier alpha value is -1.70. The third kappa shape index (κ3) is 2.45. The molecule has 0 saturated heterocycles. The van der Waals surface area contributed by atoms with Crippen molar-refractivity contribution < 1.29 is 4.39 Å². The van der Waals surface area contributed by atoms with Gasteiger partial charge in [-0.2, -0.15) is 0 Å². The van der Waals surface area contributed by atoms with Crippen molar-refractivity contribution >= 4 is 0 Å². The van der Waals surface area contributed by atoms with Gasteiger partial charge in [-0.15, -0.1) is 0 Å². The Labute approximate surface area is 95.0 Å². The summed E-state index contributed by atoms with van der Waals surface area (Å²) in [6.45, 7) is 2.14. The molecule has 0 unspecified atom stereocenters. The Kier molecular flexibility index (Phi) is 3.30. The summed E-state index contributed by atoms with van der Waals surface area (Å²) < 4.78 is 13.0. The zero-order valence-electron chi connectivity index (χ0n) is 9.28. The summed E-state index contributed by atoms with van der Waals surface area (Å²) in [6, 6.07) is 10.5. The van der Waals surface area contributed by atoms with Crippen LogP contribution in [0, 0.1) is 5.82 Å². The number of halogens is 1. The van der Waals surface area contributed by atoms with Crippen molar-refractivity contribution in [3.63, 3.8) is 0 Å². The van der Waals surface area contributed by atoms with E-state index in [-0.39, 0.29) is 5.82 Å². The van der Waals surface area contributed by atoms with Gasteiger partial charge in [0.15, 0.2) is 0 Å². The number of aryl methyl sites for hydroxylation is 1. The second-order valence-electron chi connectivity index (χ2n) is 3.81. The first-order valence-electron chi connectivity index (χ1n) is 5.50. The van der Waals surface area contributed by atoms with E-state index in [1.165, 1.54) is 17.7 Å². The molecule has 0 aliphatic rings. The SMILES string of the molecule is CCCc1ccc(-c2cccc(F)c2)nc1. The van der Waals surface area contributed by atoms with E-state index in [1.54, 1.807) is 6.07 Å². The zero-order chi connectivity index (χ0) is 11.4. The minimum Gasteiger partial charge on any atom is -0.256 e. The molecular formula is C14H14FN. The van der Waals surface area contributed by atoms with Gasteiger partial charge in [0, 0.05) is 11.8 Å². The lowest BCUT2D eigenvalue weighted by molar-refractivity contribution is 0.628. The van der Waals surface area contributed by atoms with Crippen LogP contribution < -0.4 is 0 Å². The molecule has 16 heavy (non-hydrogen) atoms. The zero-order valence-corrected chi connectivity index (χ0v) is 9.28. The third-order valence-corrected chi connectivity index (χ3v) is 2.48. The van der Waals surface area contributed by atoms with Gasteiger partial charge in [-0.25, -0.2) is 4.39 Å². The number of hydrogen-bond acceptors (Lipinski definition) is 1. The molecule has 0 aliphatic heterocycles. The molecule has 2 heteroatoms. The van der Waals surface area contributed by atoms with Crippen molar-refractivity contribution in [3.8, 4) is 11.3 Å². The molecule has 0 fully saturated rings. The molecular weight excluding hydrogens is 201 g/mol. The van der Waals surface area contributed by atoms with Crippen LogP contribution in [0.5, 0.6) is 0 Å². The first-order valence-corrected chi connectivity index (χ1v) is 5.50. The fourth-order valence-electron chi connectivity index (χ4n) is 1.68. The highest BCUT2D eigenvalue weighted by molar-refractivity contribution is 5.58. The van der Waals surface area contributed by atoms with Crippen LogP contribution >= 0.6 is 0 Å². The predicted molar refractivity (Wildman–Crippen MR) is 63.6 cm³/mol. The second kappa shape index (κ2) is 4.88. The average molecular weight is 215 g/mol. The number of nitrogens with zero attached hydrogens (tertiary/aromatic N) is 1. The van der Waals surface area contributed by atoms with Crippen LogP contribution in [0.3, 0.4) is 0 Å². The van der Waals surface area contributed by atoms with Gasteiger partial charge in [0.25, 0.3) is 0 Å². The summed E-state index contributed by atoms with van der Waals surface area (Å²) in [5.41, 5.74) is 2.87. The van der Waals surface area contributed by atoms with Gasteiger partial charge in [0.05, 0.1) is 5.69 Å². The maximum Gasteiger partial charge on any atom is 0.123 e. The van der Waals surface area contributed by atoms with E-state index in [0.29, 0.717) is 0 Å². The number of benzene rings is 1. The maximum atomic E-state index is 13.0. The number of pyridine rings is 1. The van der Waals surface area contributed by atoms with E-state index in [1.807, 2.05) is 18.3 Å². The Morgan fingerprint density at radius 2 is 2.06 bits per heavy atom. The minimum absolute atomic E-state index is 0.225. The van der Waals surface area contributed by atoms with E-state index in [9.17, 15) is 4.39 Å². The highest BCUT2D eigenvalue weighted by Gasteiger charge is 2.00. The highest BCUT2D eigenvalue weighted by Crippen LogP contribution is 2.18. The molecule has 0 atom stereocenters. The molecule has 0 aliphatic carbocycles. The molecule has 0 spiro atoms. The Morgan fingerprint density at radius 1 is 1.19 bits per heavy atom. The lowest BCUT2D eigenvalue weighted by atomic mass is 10.1. The van der Waals surface area contributed by atoms with E-state index < -0.39 is 0 Å². The molecule has 0 saturated carbocycles. The fraction of sp³-hybridized carbons (Fsp3) is 0.214. The van der Waals surface area contributed by atoms with Crippen LogP contribution in [0.2, 0.25) is 0 Å². The molecule has 0 radical (unpaired) electrons. The van der Waals surface area contributed by atoms with Gasteiger partial charge < -0.3 is 0 Å². The number of rotatable bonds is 3. The van der Waals surface area contributed by atoms with Gasteiger partial charge in [0.2, 0.25) is 0 Å². The second-order valence-corrected chi connectivity index (χ2v) is 3.81. The molecule has 1 nitrogen and oxygen atoms in total. The summed E-state index contributed by atoms with van der Waals surface area (Å²) in [7, 11) is 0. The fourth-order valence-corrected chi connectivity index (χ4v) is 1.68. The quantitative estimate of drug-likeness (QED) is 0.758. The lowest BCUT2D eigenvalue weighted by Gasteiger charge is -2.02. The third-order valence-electron chi connectivity index (χ3n) is 2.48. The maximum absolute atomic E-state index is 13.0.